The maximum Gasteiger partial charge on any atom is 0.175 e. The largest absolute Gasteiger partial charge is 0.493 e. The average molecular weight is 363 g/mol. The fourth-order valence-corrected chi connectivity index (χ4v) is 2.35. The Kier molecular flexibility index (Phi) is 4.91. The van der Waals surface area contributed by atoms with Crippen LogP contribution in [0.2, 0.25) is 10.3 Å². The summed E-state index contributed by atoms with van der Waals surface area (Å²) in [4.78, 5) is 3.96. The molecule has 0 unspecified atom stereocenters. The minimum Gasteiger partial charge on any atom is -0.493 e. The Bertz CT molecular complexity index is 593. The molecule has 3 nitrogen and oxygen atoms in total. The van der Waals surface area contributed by atoms with Gasteiger partial charge in [-0.1, -0.05) is 29.3 Å². The Morgan fingerprint density at radius 2 is 2.00 bits per heavy atom. The zero-order valence-corrected chi connectivity index (χ0v) is 13.1. The Morgan fingerprint density at radius 3 is 2.68 bits per heavy atom. The van der Waals surface area contributed by atoms with E-state index in [1.807, 2.05) is 18.2 Å². The lowest BCUT2D eigenvalue weighted by Gasteiger charge is -2.12. The Hall–Kier alpha value is -0.970. The van der Waals surface area contributed by atoms with Crippen LogP contribution in [0.3, 0.4) is 0 Å². The van der Waals surface area contributed by atoms with Crippen LogP contribution in [0.15, 0.2) is 34.8 Å². The highest BCUT2D eigenvalue weighted by Crippen LogP contribution is 2.35. The van der Waals surface area contributed by atoms with Crippen molar-refractivity contribution in [3.63, 3.8) is 0 Å². The summed E-state index contributed by atoms with van der Waals surface area (Å²) in [5, 5.41) is 0.686. The van der Waals surface area contributed by atoms with E-state index < -0.39 is 0 Å². The minimum absolute atomic E-state index is 0.280. The number of aromatic nitrogens is 1. The van der Waals surface area contributed by atoms with Crippen molar-refractivity contribution in [2.24, 2.45) is 0 Å². The van der Waals surface area contributed by atoms with E-state index >= 15 is 0 Å². The van der Waals surface area contributed by atoms with Crippen molar-refractivity contribution in [1.82, 2.24) is 4.98 Å². The SMILES string of the molecule is COc1cccc(Br)c1OCc1ccc(Cl)nc1Cl. The zero-order valence-electron chi connectivity index (χ0n) is 9.99. The minimum atomic E-state index is 0.280. The van der Waals surface area contributed by atoms with E-state index in [9.17, 15) is 0 Å². The monoisotopic (exact) mass is 361 g/mol. The number of ether oxygens (including phenoxy) is 2. The molecule has 0 bridgehead atoms. The van der Waals surface area contributed by atoms with Crippen LogP contribution >= 0.6 is 39.1 Å². The predicted molar refractivity (Wildman–Crippen MR) is 79.3 cm³/mol. The number of pyridine rings is 1. The van der Waals surface area contributed by atoms with Gasteiger partial charge in [0, 0.05) is 5.56 Å². The Morgan fingerprint density at radius 1 is 1.21 bits per heavy atom. The summed E-state index contributed by atoms with van der Waals surface area (Å²) >= 11 is 15.2. The highest BCUT2D eigenvalue weighted by Gasteiger charge is 2.10. The molecule has 0 spiro atoms. The summed E-state index contributed by atoms with van der Waals surface area (Å²) in [6.07, 6.45) is 0. The van der Waals surface area contributed by atoms with E-state index in [0.29, 0.717) is 21.8 Å². The molecule has 0 aliphatic heterocycles. The second-order valence-corrected chi connectivity index (χ2v) is 5.24. The molecule has 0 fully saturated rings. The first-order chi connectivity index (χ1) is 9.11. The maximum absolute atomic E-state index is 5.99. The molecule has 1 heterocycles. The van der Waals surface area contributed by atoms with Gasteiger partial charge in [0.1, 0.15) is 16.9 Å². The van der Waals surface area contributed by atoms with E-state index in [-0.39, 0.29) is 6.61 Å². The van der Waals surface area contributed by atoms with Gasteiger partial charge in [-0.25, -0.2) is 4.98 Å². The molecule has 1 aromatic heterocycles. The Labute approximate surface area is 129 Å². The van der Waals surface area contributed by atoms with Crippen molar-refractivity contribution < 1.29 is 9.47 Å². The van der Waals surface area contributed by atoms with Gasteiger partial charge < -0.3 is 9.47 Å². The summed E-state index contributed by atoms with van der Waals surface area (Å²) in [5.41, 5.74) is 0.754. The molecule has 19 heavy (non-hydrogen) atoms. The van der Waals surface area contributed by atoms with Crippen LogP contribution in [0.1, 0.15) is 5.56 Å². The van der Waals surface area contributed by atoms with Crippen LogP contribution < -0.4 is 9.47 Å². The van der Waals surface area contributed by atoms with Crippen molar-refractivity contribution in [1.29, 1.82) is 0 Å². The van der Waals surface area contributed by atoms with Gasteiger partial charge in [0.2, 0.25) is 0 Å². The number of rotatable bonds is 4. The molecule has 0 aliphatic rings. The van der Waals surface area contributed by atoms with Crippen molar-refractivity contribution in [3.8, 4) is 11.5 Å². The average Bonchev–Trinajstić information content (AvgIpc) is 2.39. The van der Waals surface area contributed by atoms with Gasteiger partial charge in [0.25, 0.3) is 0 Å². The van der Waals surface area contributed by atoms with Crippen LogP contribution in [0.5, 0.6) is 11.5 Å². The molecule has 0 amide bonds. The fourth-order valence-electron chi connectivity index (χ4n) is 1.49. The normalized spacial score (nSPS) is 10.3. The zero-order chi connectivity index (χ0) is 13.8. The number of benzene rings is 1. The first-order valence-electron chi connectivity index (χ1n) is 5.38. The molecular formula is C13H10BrCl2NO2. The standard InChI is InChI=1S/C13H10BrCl2NO2/c1-18-10-4-2-3-9(14)12(10)19-7-8-5-6-11(15)17-13(8)16/h2-6H,7H2,1H3. The second kappa shape index (κ2) is 6.46. The molecule has 0 atom stereocenters. The van der Waals surface area contributed by atoms with Crippen LogP contribution in [-0.4, -0.2) is 12.1 Å². The first kappa shape index (κ1) is 14.4. The maximum atomic E-state index is 5.99. The lowest BCUT2D eigenvalue weighted by molar-refractivity contribution is 0.282. The highest BCUT2D eigenvalue weighted by atomic mass is 79.9. The molecule has 0 aliphatic carbocycles. The molecule has 100 valence electrons. The fraction of sp³-hybridized carbons (Fsp3) is 0.154. The number of nitrogens with zero attached hydrogens (tertiary/aromatic N) is 1. The van der Waals surface area contributed by atoms with E-state index in [4.69, 9.17) is 32.7 Å². The van der Waals surface area contributed by atoms with E-state index in [0.717, 1.165) is 10.0 Å². The smallest absolute Gasteiger partial charge is 0.175 e. The van der Waals surface area contributed by atoms with Crippen LogP contribution in [0.4, 0.5) is 0 Å². The van der Waals surface area contributed by atoms with Gasteiger partial charge in [-0.3, -0.25) is 0 Å². The molecule has 2 rings (SSSR count). The third-order valence-electron chi connectivity index (χ3n) is 2.41. The topological polar surface area (TPSA) is 31.4 Å². The van der Waals surface area contributed by atoms with Crippen LogP contribution in [0.25, 0.3) is 0 Å². The number of halogens is 3. The quantitative estimate of drug-likeness (QED) is 0.736. The van der Waals surface area contributed by atoms with Crippen molar-refractivity contribution in [3.05, 3.63) is 50.7 Å². The number of methoxy groups -OCH3 is 1. The molecule has 0 N–H and O–H groups in total. The summed E-state index contributed by atoms with van der Waals surface area (Å²) in [6, 6.07) is 9.01. The molecule has 6 heteroatoms. The molecule has 1 aromatic carbocycles. The summed E-state index contributed by atoms with van der Waals surface area (Å²) in [6.45, 7) is 0.280. The van der Waals surface area contributed by atoms with Crippen molar-refractivity contribution in [2.75, 3.05) is 7.11 Å². The van der Waals surface area contributed by atoms with Gasteiger partial charge in [-0.15, -0.1) is 0 Å². The van der Waals surface area contributed by atoms with Crippen LogP contribution in [-0.2, 0) is 6.61 Å². The van der Waals surface area contributed by atoms with E-state index in [1.165, 1.54) is 0 Å². The second-order valence-electron chi connectivity index (χ2n) is 3.64. The van der Waals surface area contributed by atoms with E-state index in [1.54, 1.807) is 19.2 Å². The predicted octanol–water partition coefficient (Wildman–Crippen LogP) is 4.74. The summed E-state index contributed by atoms with van der Waals surface area (Å²) < 4.78 is 11.8. The summed E-state index contributed by atoms with van der Waals surface area (Å²) in [7, 11) is 1.59. The number of hydrogen-bond donors (Lipinski definition) is 0. The third-order valence-corrected chi connectivity index (χ3v) is 3.58. The lowest BCUT2D eigenvalue weighted by Crippen LogP contribution is -2.00. The van der Waals surface area contributed by atoms with Gasteiger partial charge in [0.15, 0.2) is 11.5 Å². The summed E-state index contributed by atoms with van der Waals surface area (Å²) in [5.74, 6) is 1.27. The Balaban J connectivity index is 2.19. The van der Waals surface area contributed by atoms with E-state index in [2.05, 4.69) is 20.9 Å². The lowest BCUT2D eigenvalue weighted by atomic mass is 10.3. The number of hydrogen-bond acceptors (Lipinski definition) is 3. The van der Waals surface area contributed by atoms with Gasteiger partial charge in [-0.2, -0.15) is 0 Å². The van der Waals surface area contributed by atoms with Crippen molar-refractivity contribution >= 4 is 39.1 Å². The van der Waals surface area contributed by atoms with Crippen LogP contribution in [0, 0.1) is 0 Å². The van der Waals surface area contributed by atoms with Gasteiger partial charge in [0.05, 0.1) is 11.6 Å². The highest BCUT2D eigenvalue weighted by molar-refractivity contribution is 9.10. The molecule has 0 saturated heterocycles. The first-order valence-corrected chi connectivity index (χ1v) is 6.93. The van der Waals surface area contributed by atoms with Gasteiger partial charge in [-0.05, 0) is 40.2 Å². The molecule has 0 saturated carbocycles. The molecule has 2 aromatic rings. The molecular weight excluding hydrogens is 353 g/mol. The number of para-hydroxylation sites is 1. The van der Waals surface area contributed by atoms with Crippen molar-refractivity contribution in [2.45, 2.75) is 6.61 Å². The molecule has 0 radical (unpaired) electrons. The van der Waals surface area contributed by atoms with Gasteiger partial charge >= 0.3 is 0 Å². The third kappa shape index (κ3) is 3.53.